The van der Waals surface area contributed by atoms with Crippen molar-refractivity contribution in [1.82, 2.24) is 0 Å². The Kier molecular flexibility index (Phi) is 20.5. The number of carbonyl (C=O) groups is 1. The summed E-state index contributed by atoms with van der Waals surface area (Å²) < 4.78 is 37.7. The van der Waals surface area contributed by atoms with Gasteiger partial charge in [-0.3, -0.25) is 0 Å². The van der Waals surface area contributed by atoms with E-state index in [1.54, 1.807) is 0 Å². The minimum absolute atomic E-state index is 0.101. The molecule has 1 N–H and O–H groups in total. The standard InChI is InChI=1S/C25H42O9/c1-2-3-4-5-10-28-11-12-29-13-14-30-15-16-31-17-18-32-19-20-33-21-22-34-25(27)23-6-8-24(26)9-7-23/h6-9,26H,2-5,10-22H2,1H3. The van der Waals surface area contributed by atoms with Gasteiger partial charge in [0.05, 0.1) is 78.2 Å². The highest BCUT2D eigenvalue weighted by Gasteiger charge is 2.06. The summed E-state index contributed by atoms with van der Waals surface area (Å²) in [4.78, 5) is 11.8. The lowest BCUT2D eigenvalue weighted by atomic mass is 10.2. The molecule has 0 aliphatic rings. The molecule has 0 fully saturated rings. The van der Waals surface area contributed by atoms with E-state index in [4.69, 9.17) is 33.2 Å². The van der Waals surface area contributed by atoms with E-state index in [0.29, 0.717) is 71.6 Å². The van der Waals surface area contributed by atoms with E-state index in [-0.39, 0.29) is 19.0 Å². The third-order valence-corrected chi connectivity index (χ3v) is 4.57. The molecule has 196 valence electrons. The van der Waals surface area contributed by atoms with Gasteiger partial charge in [-0.2, -0.15) is 0 Å². The van der Waals surface area contributed by atoms with E-state index in [2.05, 4.69) is 6.92 Å². The van der Waals surface area contributed by atoms with Gasteiger partial charge in [0.2, 0.25) is 0 Å². The minimum Gasteiger partial charge on any atom is -0.508 e. The summed E-state index contributed by atoms with van der Waals surface area (Å²) in [6.07, 6.45) is 4.87. The van der Waals surface area contributed by atoms with Crippen molar-refractivity contribution < 1.29 is 43.1 Å². The number of phenolic OH excluding ortho intramolecular Hbond substituents is 1. The van der Waals surface area contributed by atoms with Crippen LogP contribution >= 0.6 is 0 Å². The molecular weight excluding hydrogens is 444 g/mol. The largest absolute Gasteiger partial charge is 0.508 e. The molecule has 0 amide bonds. The van der Waals surface area contributed by atoms with Crippen LogP contribution in [0.25, 0.3) is 0 Å². The van der Waals surface area contributed by atoms with Gasteiger partial charge in [-0.25, -0.2) is 4.79 Å². The van der Waals surface area contributed by atoms with Crippen LogP contribution in [0.15, 0.2) is 24.3 Å². The lowest BCUT2D eigenvalue weighted by Crippen LogP contribution is -2.15. The first kappa shape index (κ1) is 30.3. The minimum atomic E-state index is -0.452. The molecule has 1 aromatic rings. The first-order valence-corrected chi connectivity index (χ1v) is 12.2. The number of aromatic hydroxyl groups is 1. The highest BCUT2D eigenvalue weighted by atomic mass is 16.6. The van der Waals surface area contributed by atoms with Crippen molar-refractivity contribution >= 4 is 5.97 Å². The Labute approximate surface area is 203 Å². The summed E-state index contributed by atoms with van der Waals surface area (Å²) >= 11 is 0. The van der Waals surface area contributed by atoms with Crippen molar-refractivity contribution in [3.63, 3.8) is 0 Å². The second-order valence-corrected chi connectivity index (χ2v) is 7.42. The van der Waals surface area contributed by atoms with E-state index >= 15 is 0 Å². The Hall–Kier alpha value is -1.75. The van der Waals surface area contributed by atoms with Crippen LogP contribution in [-0.2, 0) is 33.2 Å². The molecule has 0 aliphatic heterocycles. The van der Waals surface area contributed by atoms with Gasteiger partial charge in [-0.05, 0) is 30.7 Å². The third-order valence-electron chi connectivity index (χ3n) is 4.57. The van der Waals surface area contributed by atoms with Crippen LogP contribution in [0.2, 0.25) is 0 Å². The van der Waals surface area contributed by atoms with Crippen LogP contribution in [0.4, 0.5) is 0 Å². The lowest BCUT2D eigenvalue weighted by Gasteiger charge is -2.08. The number of ether oxygens (including phenoxy) is 7. The maximum absolute atomic E-state index is 11.8. The predicted molar refractivity (Wildman–Crippen MR) is 127 cm³/mol. The van der Waals surface area contributed by atoms with Crippen LogP contribution in [0.3, 0.4) is 0 Å². The van der Waals surface area contributed by atoms with Gasteiger partial charge in [-0.1, -0.05) is 26.2 Å². The van der Waals surface area contributed by atoms with Crippen LogP contribution in [-0.4, -0.2) is 97.0 Å². The van der Waals surface area contributed by atoms with E-state index in [9.17, 15) is 9.90 Å². The van der Waals surface area contributed by atoms with Crippen molar-refractivity contribution in [1.29, 1.82) is 0 Å². The van der Waals surface area contributed by atoms with Crippen molar-refractivity contribution in [2.45, 2.75) is 32.6 Å². The topological polar surface area (TPSA) is 102 Å². The maximum Gasteiger partial charge on any atom is 0.338 e. The van der Waals surface area contributed by atoms with Crippen molar-refractivity contribution in [2.75, 3.05) is 85.9 Å². The second kappa shape index (κ2) is 23.0. The number of esters is 1. The van der Waals surface area contributed by atoms with E-state index in [1.807, 2.05) is 0 Å². The Morgan fingerprint density at radius 1 is 0.588 bits per heavy atom. The monoisotopic (exact) mass is 486 g/mol. The number of phenols is 1. The molecule has 0 radical (unpaired) electrons. The number of unbranched alkanes of at least 4 members (excludes halogenated alkanes) is 3. The molecular formula is C25H42O9. The number of rotatable bonds is 24. The van der Waals surface area contributed by atoms with Crippen LogP contribution < -0.4 is 0 Å². The maximum atomic E-state index is 11.8. The Bertz CT molecular complexity index is 580. The van der Waals surface area contributed by atoms with Crippen LogP contribution in [0.1, 0.15) is 43.0 Å². The quantitative estimate of drug-likeness (QED) is 0.174. The van der Waals surface area contributed by atoms with Crippen LogP contribution in [0.5, 0.6) is 5.75 Å². The molecule has 0 saturated heterocycles. The van der Waals surface area contributed by atoms with Gasteiger partial charge in [0.15, 0.2) is 0 Å². The Morgan fingerprint density at radius 2 is 1.00 bits per heavy atom. The lowest BCUT2D eigenvalue weighted by molar-refractivity contribution is -0.0194. The molecule has 0 unspecified atom stereocenters. The summed E-state index contributed by atoms with van der Waals surface area (Å²) in [6.45, 7) is 8.61. The summed E-state index contributed by atoms with van der Waals surface area (Å²) in [5.41, 5.74) is 0.383. The zero-order chi connectivity index (χ0) is 24.5. The van der Waals surface area contributed by atoms with Gasteiger partial charge in [0.25, 0.3) is 0 Å². The third kappa shape index (κ3) is 18.7. The van der Waals surface area contributed by atoms with E-state index < -0.39 is 5.97 Å². The molecule has 0 spiro atoms. The summed E-state index contributed by atoms with van der Waals surface area (Å²) in [5.74, 6) is -0.351. The SMILES string of the molecule is CCCCCCOCCOCCOCCOCCOCCOCCOC(=O)c1ccc(O)cc1. The fraction of sp³-hybridized carbons (Fsp3) is 0.720. The van der Waals surface area contributed by atoms with Gasteiger partial charge in [-0.15, -0.1) is 0 Å². The van der Waals surface area contributed by atoms with Gasteiger partial charge < -0.3 is 38.3 Å². The highest BCUT2D eigenvalue weighted by molar-refractivity contribution is 5.89. The summed E-state index contributed by atoms with van der Waals surface area (Å²) in [6, 6.07) is 5.88. The van der Waals surface area contributed by atoms with Crippen molar-refractivity contribution in [3.05, 3.63) is 29.8 Å². The number of hydrogen-bond donors (Lipinski definition) is 1. The smallest absolute Gasteiger partial charge is 0.338 e. The molecule has 0 heterocycles. The van der Waals surface area contributed by atoms with Gasteiger partial charge in [0, 0.05) is 6.61 Å². The van der Waals surface area contributed by atoms with Gasteiger partial charge in [0.1, 0.15) is 12.4 Å². The second-order valence-electron chi connectivity index (χ2n) is 7.42. The average Bonchev–Trinajstić information content (AvgIpc) is 2.84. The molecule has 0 atom stereocenters. The van der Waals surface area contributed by atoms with Crippen molar-refractivity contribution in [2.24, 2.45) is 0 Å². The Morgan fingerprint density at radius 3 is 1.44 bits per heavy atom. The number of benzene rings is 1. The van der Waals surface area contributed by atoms with Crippen molar-refractivity contribution in [3.8, 4) is 5.75 Å². The first-order chi connectivity index (χ1) is 16.7. The average molecular weight is 487 g/mol. The number of carbonyl (C=O) groups excluding carboxylic acids is 1. The summed E-state index contributed by atoms with van der Waals surface area (Å²) in [7, 11) is 0. The molecule has 1 aromatic carbocycles. The summed E-state index contributed by atoms with van der Waals surface area (Å²) in [5, 5.41) is 9.20. The molecule has 34 heavy (non-hydrogen) atoms. The van der Waals surface area contributed by atoms with Gasteiger partial charge >= 0.3 is 5.97 Å². The van der Waals surface area contributed by atoms with E-state index in [0.717, 1.165) is 13.0 Å². The molecule has 0 aromatic heterocycles. The molecule has 0 aliphatic carbocycles. The zero-order valence-electron chi connectivity index (χ0n) is 20.5. The van der Waals surface area contributed by atoms with E-state index in [1.165, 1.54) is 43.5 Å². The fourth-order valence-electron chi connectivity index (χ4n) is 2.71. The molecule has 0 bridgehead atoms. The first-order valence-electron chi connectivity index (χ1n) is 12.2. The molecule has 9 nitrogen and oxygen atoms in total. The zero-order valence-corrected chi connectivity index (χ0v) is 20.5. The fourth-order valence-corrected chi connectivity index (χ4v) is 2.71. The number of hydrogen-bond acceptors (Lipinski definition) is 9. The molecule has 9 heteroatoms. The normalized spacial score (nSPS) is 11.1. The highest BCUT2D eigenvalue weighted by Crippen LogP contribution is 2.10. The molecule has 1 rings (SSSR count). The Balaban J connectivity index is 1.71. The predicted octanol–water partition coefficient (Wildman–Crippen LogP) is 3.23. The molecule has 0 saturated carbocycles. The van der Waals surface area contributed by atoms with Crippen LogP contribution in [0, 0.1) is 0 Å².